The Hall–Kier alpha value is -3.58. The number of aromatic amines is 1. The van der Waals surface area contributed by atoms with E-state index in [1.807, 2.05) is 74.0 Å². The second-order valence-electron chi connectivity index (χ2n) is 8.53. The Morgan fingerprint density at radius 2 is 1.79 bits per heavy atom. The molecule has 2 aromatic carbocycles. The topological polar surface area (TPSA) is 83.2 Å². The summed E-state index contributed by atoms with van der Waals surface area (Å²) >= 11 is 1.36. The largest absolute Gasteiger partial charge is 0.497 e. The van der Waals surface area contributed by atoms with Crippen molar-refractivity contribution >= 4 is 34.1 Å². The third-order valence-electron chi connectivity index (χ3n) is 5.98. The van der Waals surface area contributed by atoms with Crippen LogP contribution in [0.5, 0.6) is 5.75 Å². The molecule has 0 radical (unpaired) electrons. The lowest BCUT2D eigenvalue weighted by atomic mass is 9.90. The summed E-state index contributed by atoms with van der Waals surface area (Å²) < 4.78 is 5.32. The van der Waals surface area contributed by atoms with Crippen molar-refractivity contribution in [2.24, 2.45) is 5.92 Å². The van der Waals surface area contributed by atoms with Crippen molar-refractivity contribution in [3.63, 3.8) is 0 Å². The summed E-state index contributed by atoms with van der Waals surface area (Å²) in [6.45, 7) is 4.25. The van der Waals surface area contributed by atoms with Crippen molar-refractivity contribution in [2.45, 2.75) is 25.8 Å². The lowest BCUT2D eigenvalue weighted by Gasteiger charge is -2.24. The van der Waals surface area contributed by atoms with Gasteiger partial charge in [0.2, 0.25) is 5.91 Å². The zero-order chi connectivity index (χ0) is 24.1. The molecule has 6 nitrogen and oxygen atoms in total. The van der Waals surface area contributed by atoms with Gasteiger partial charge in [-0.25, -0.2) is 0 Å². The number of para-hydroxylation sites is 1. The molecule has 0 spiro atoms. The third-order valence-corrected chi connectivity index (χ3v) is 6.84. The average Bonchev–Trinajstić information content (AvgIpc) is 3.53. The van der Waals surface area contributed by atoms with E-state index in [-0.39, 0.29) is 23.7 Å². The van der Waals surface area contributed by atoms with Gasteiger partial charge in [0, 0.05) is 29.6 Å². The number of hydrogen-bond acceptors (Lipinski definition) is 4. The van der Waals surface area contributed by atoms with Gasteiger partial charge in [0.1, 0.15) is 11.8 Å². The zero-order valence-electron chi connectivity index (χ0n) is 19.5. The van der Waals surface area contributed by atoms with Gasteiger partial charge in [-0.2, -0.15) is 0 Å². The van der Waals surface area contributed by atoms with E-state index >= 15 is 0 Å². The van der Waals surface area contributed by atoms with Crippen molar-refractivity contribution in [3.05, 3.63) is 88.2 Å². The Bertz CT molecular complexity index is 1250. The lowest BCUT2D eigenvalue weighted by Crippen LogP contribution is -2.50. The molecule has 2 amide bonds. The van der Waals surface area contributed by atoms with E-state index in [2.05, 4.69) is 21.7 Å². The molecule has 7 heteroatoms. The Balaban J connectivity index is 1.57. The van der Waals surface area contributed by atoms with Gasteiger partial charge in [0.25, 0.3) is 5.91 Å². The van der Waals surface area contributed by atoms with Crippen molar-refractivity contribution in [1.29, 1.82) is 0 Å². The molecule has 0 saturated heterocycles. The number of hydrogen-bond donors (Lipinski definition) is 3. The van der Waals surface area contributed by atoms with Crippen LogP contribution in [0.4, 0.5) is 0 Å². The standard InChI is InChI=1S/C27H29N3O3S/c1-17(2)25(30-26(31)24-9-6-14-34-24)27(32)29-15-21(18-10-12-19(33-3)13-11-18)22-16-28-23-8-5-4-7-20(22)23/h4-14,16-17,21,25,28H,15H2,1-3H3,(H,29,32)(H,30,31)/t21-,25-/m1/s1. The number of amides is 2. The van der Waals surface area contributed by atoms with Gasteiger partial charge in [0.05, 0.1) is 12.0 Å². The predicted octanol–water partition coefficient (Wildman–Crippen LogP) is 4.94. The van der Waals surface area contributed by atoms with Crippen LogP contribution in [0.1, 0.15) is 40.6 Å². The van der Waals surface area contributed by atoms with Gasteiger partial charge >= 0.3 is 0 Å². The molecule has 0 aliphatic carbocycles. The lowest BCUT2D eigenvalue weighted by molar-refractivity contribution is -0.123. The van der Waals surface area contributed by atoms with E-state index in [1.54, 1.807) is 13.2 Å². The second kappa shape index (κ2) is 10.6. The molecular formula is C27H29N3O3S. The summed E-state index contributed by atoms with van der Waals surface area (Å²) in [6, 6.07) is 19.0. The average molecular weight is 476 g/mol. The molecule has 176 valence electrons. The van der Waals surface area contributed by atoms with Crippen molar-refractivity contribution in [3.8, 4) is 5.75 Å². The molecule has 4 aromatic rings. The first kappa shape index (κ1) is 23.6. The molecule has 34 heavy (non-hydrogen) atoms. The Morgan fingerprint density at radius 1 is 1.03 bits per heavy atom. The normalized spacial score (nSPS) is 12.9. The predicted molar refractivity (Wildman–Crippen MR) is 137 cm³/mol. The number of carbonyl (C=O) groups is 2. The Labute approximate surface area is 203 Å². The smallest absolute Gasteiger partial charge is 0.262 e. The maximum atomic E-state index is 13.2. The number of nitrogens with one attached hydrogen (secondary N) is 3. The van der Waals surface area contributed by atoms with Crippen molar-refractivity contribution in [2.75, 3.05) is 13.7 Å². The van der Waals surface area contributed by atoms with Crippen LogP contribution in [0.3, 0.4) is 0 Å². The van der Waals surface area contributed by atoms with E-state index in [0.29, 0.717) is 11.4 Å². The molecular weight excluding hydrogens is 446 g/mol. The maximum Gasteiger partial charge on any atom is 0.262 e. The van der Waals surface area contributed by atoms with Crippen LogP contribution < -0.4 is 15.4 Å². The minimum atomic E-state index is -0.630. The van der Waals surface area contributed by atoms with Crippen LogP contribution in [0.25, 0.3) is 10.9 Å². The number of H-pyrrole nitrogens is 1. The van der Waals surface area contributed by atoms with Gasteiger partial charge in [-0.15, -0.1) is 11.3 Å². The van der Waals surface area contributed by atoms with Gasteiger partial charge in [0.15, 0.2) is 0 Å². The van der Waals surface area contributed by atoms with Gasteiger partial charge in [-0.05, 0) is 46.7 Å². The Morgan fingerprint density at radius 3 is 2.47 bits per heavy atom. The van der Waals surface area contributed by atoms with Crippen LogP contribution in [0.15, 0.2) is 72.2 Å². The number of aromatic nitrogens is 1. The first-order valence-electron chi connectivity index (χ1n) is 11.3. The first-order chi connectivity index (χ1) is 16.5. The highest BCUT2D eigenvalue weighted by molar-refractivity contribution is 7.12. The van der Waals surface area contributed by atoms with Crippen LogP contribution >= 0.6 is 11.3 Å². The fourth-order valence-corrected chi connectivity index (χ4v) is 4.72. The molecule has 0 unspecified atom stereocenters. The van der Waals surface area contributed by atoms with Gasteiger partial charge in [-0.3, -0.25) is 9.59 Å². The molecule has 4 rings (SSSR count). The highest BCUT2D eigenvalue weighted by Gasteiger charge is 2.27. The fourth-order valence-electron chi connectivity index (χ4n) is 4.09. The monoisotopic (exact) mass is 475 g/mol. The van der Waals surface area contributed by atoms with E-state index in [0.717, 1.165) is 27.8 Å². The minimum Gasteiger partial charge on any atom is -0.497 e. The quantitative estimate of drug-likeness (QED) is 0.321. The van der Waals surface area contributed by atoms with Gasteiger partial charge < -0.3 is 20.4 Å². The summed E-state index contributed by atoms with van der Waals surface area (Å²) in [5.41, 5.74) is 3.21. The molecule has 0 fully saturated rings. The summed E-state index contributed by atoms with van der Waals surface area (Å²) in [4.78, 5) is 29.7. The number of ether oxygens (including phenoxy) is 1. The van der Waals surface area contributed by atoms with Crippen LogP contribution in [0, 0.1) is 5.92 Å². The number of thiophene rings is 1. The van der Waals surface area contributed by atoms with E-state index in [9.17, 15) is 9.59 Å². The number of fused-ring (bicyclic) bond motifs is 1. The van der Waals surface area contributed by atoms with E-state index in [1.165, 1.54) is 11.3 Å². The molecule has 3 N–H and O–H groups in total. The zero-order valence-corrected chi connectivity index (χ0v) is 20.3. The fraction of sp³-hybridized carbons (Fsp3) is 0.259. The molecule has 2 atom stereocenters. The highest BCUT2D eigenvalue weighted by atomic mass is 32.1. The minimum absolute atomic E-state index is 0.0589. The van der Waals surface area contributed by atoms with Crippen LogP contribution in [-0.4, -0.2) is 36.5 Å². The van der Waals surface area contributed by atoms with E-state index < -0.39 is 6.04 Å². The SMILES string of the molecule is COc1ccc([C@@H](CNC(=O)[C@H](NC(=O)c2cccs2)C(C)C)c2c[nH]c3ccccc23)cc1. The van der Waals surface area contributed by atoms with Crippen LogP contribution in [-0.2, 0) is 4.79 Å². The Kier molecular flexibility index (Phi) is 7.33. The first-order valence-corrected chi connectivity index (χ1v) is 12.2. The molecule has 2 heterocycles. The second-order valence-corrected chi connectivity index (χ2v) is 9.48. The van der Waals surface area contributed by atoms with Crippen LogP contribution in [0.2, 0.25) is 0 Å². The molecule has 0 bridgehead atoms. The van der Waals surface area contributed by atoms with E-state index in [4.69, 9.17) is 4.74 Å². The molecule has 0 aliphatic heterocycles. The highest BCUT2D eigenvalue weighted by Crippen LogP contribution is 2.31. The summed E-state index contributed by atoms with van der Waals surface area (Å²) in [6.07, 6.45) is 2.00. The van der Waals surface area contributed by atoms with Crippen molar-refractivity contribution in [1.82, 2.24) is 15.6 Å². The van der Waals surface area contributed by atoms with Crippen molar-refractivity contribution < 1.29 is 14.3 Å². The third kappa shape index (κ3) is 5.15. The van der Waals surface area contributed by atoms with Gasteiger partial charge in [-0.1, -0.05) is 50.2 Å². The number of benzene rings is 2. The molecule has 0 aliphatic rings. The summed E-state index contributed by atoms with van der Waals surface area (Å²) in [5, 5.41) is 8.96. The summed E-state index contributed by atoms with van der Waals surface area (Å²) in [5.74, 6) is 0.218. The molecule has 2 aromatic heterocycles. The molecule has 0 saturated carbocycles. The number of rotatable bonds is 9. The maximum absolute atomic E-state index is 13.2. The summed E-state index contributed by atoms with van der Waals surface area (Å²) in [7, 11) is 1.64. The number of methoxy groups -OCH3 is 1. The number of carbonyl (C=O) groups excluding carboxylic acids is 2.